The highest BCUT2D eigenvalue weighted by Crippen LogP contribution is 2.34. The number of amides is 2. The van der Waals surface area contributed by atoms with Gasteiger partial charge in [0.1, 0.15) is 0 Å². The van der Waals surface area contributed by atoms with Crippen LogP contribution in [0.3, 0.4) is 0 Å². The van der Waals surface area contributed by atoms with Gasteiger partial charge in [-0.15, -0.1) is 5.10 Å². The third-order valence-electron chi connectivity index (χ3n) is 3.99. The SMILES string of the molecule is C/C=C1/C(=O)N(CSc2nnnn2-c2ccc(C(N)=O)cc2)S(=O)(=O)/C1=C/C.CC. The summed E-state index contributed by atoms with van der Waals surface area (Å²) in [4.78, 5) is 23.6. The van der Waals surface area contributed by atoms with Crippen LogP contribution < -0.4 is 5.73 Å². The zero-order valence-corrected chi connectivity index (χ0v) is 18.6. The second kappa shape index (κ2) is 9.67. The lowest BCUT2D eigenvalue weighted by Gasteiger charge is -2.13. The molecule has 0 aliphatic carbocycles. The molecule has 0 saturated carbocycles. The summed E-state index contributed by atoms with van der Waals surface area (Å²) < 4.78 is 27.4. The van der Waals surface area contributed by atoms with E-state index in [-0.39, 0.29) is 21.5 Å². The van der Waals surface area contributed by atoms with E-state index in [2.05, 4.69) is 15.5 Å². The van der Waals surface area contributed by atoms with Crippen LogP contribution in [0.5, 0.6) is 0 Å². The number of hydrogen-bond donors (Lipinski definition) is 1. The van der Waals surface area contributed by atoms with Crippen molar-refractivity contribution in [3.05, 3.63) is 52.5 Å². The Morgan fingerprint density at radius 1 is 1.17 bits per heavy atom. The van der Waals surface area contributed by atoms with E-state index < -0.39 is 21.8 Å². The Morgan fingerprint density at radius 3 is 2.30 bits per heavy atom. The monoisotopic (exact) mass is 450 g/mol. The van der Waals surface area contributed by atoms with Crippen LogP contribution in [-0.2, 0) is 14.8 Å². The Labute approximate surface area is 178 Å². The topological polar surface area (TPSA) is 141 Å². The molecule has 1 aromatic carbocycles. The fourth-order valence-corrected chi connectivity index (χ4v) is 5.38. The first kappa shape index (κ1) is 23.3. The summed E-state index contributed by atoms with van der Waals surface area (Å²) in [6, 6.07) is 6.26. The van der Waals surface area contributed by atoms with Crippen LogP contribution >= 0.6 is 11.8 Å². The largest absolute Gasteiger partial charge is 0.366 e. The molecule has 0 atom stereocenters. The predicted molar refractivity (Wildman–Crippen MR) is 113 cm³/mol. The number of primary amides is 1. The van der Waals surface area contributed by atoms with Gasteiger partial charge in [0, 0.05) is 5.56 Å². The quantitative estimate of drug-likeness (QED) is 0.537. The molecule has 2 N–H and O–H groups in total. The van der Waals surface area contributed by atoms with Crippen molar-refractivity contribution in [2.75, 3.05) is 5.88 Å². The van der Waals surface area contributed by atoms with Gasteiger partial charge in [-0.05, 0) is 48.5 Å². The van der Waals surface area contributed by atoms with Gasteiger partial charge >= 0.3 is 0 Å². The maximum Gasteiger partial charge on any atom is 0.269 e. The summed E-state index contributed by atoms with van der Waals surface area (Å²) in [6.07, 6.45) is 2.88. The molecule has 0 bridgehead atoms. The van der Waals surface area contributed by atoms with Crippen molar-refractivity contribution in [3.8, 4) is 5.69 Å². The zero-order valence-electron chi connectivity index (χ0n) is 16.9. The summed E-state index contributed by atoms with van der Waals surface area (Å²) in [5, 5.41) is 11.6. The van der Waals surface area contributed by atoms with E-state index in [4.69, 9.17) is 5.73 Å². The van der Waals surface area contributed by atoms with Crippen LogP contribution in [0.1, 0.15) is 38.1 Å². The maximum absolute atomic E-state index is 12.6. The lowest BCUT2D eigenvalue weighted by atomic mass is 10.2. The highest BCUT2D eigenvalue weighted by atomic mass is 32.2. The summed E-state index contributed by atoms with van der Waals surface area (Å²) in [6.45, 7) is 7.18. The van der Waals surface area contributed by atoms with Crippen molar-refractivity contribution in [2.24, 2.45) is 5.73 Å². The number of allylic oxidation sites excluding steroid dienone is 2. The predicted octanol–water partition coefficient (Wildman–Crippen LogP) is 1.86. The average molecular weight is 451 g/mol. The minimum atomic E-state index is -3.91. The second-order valence-electron chi connectivity index (χ2n) is 5.57. The third-order valence-corrected chi connectivity index (χ3v) is 6.94. The van der Waals surface area contributed by atoms with Crippen molar-refractivity contribution in [2.45, 2.75) is 32.9 Å². The Balaban J connectivity index is 0.00000155. The van der Waals surface area contributed by atoms with Crippen LogP contribution in [0.4, 0.5) is 0 Å². The molecule has 160 valence electrons. The van der Waals surface area contributed by atoms with E-state index in [1.54, 1.807) is 26.0 Å². The molecular formula is C18H22N6O4S2. The molecule has 1 aromatic heterocycles. The molecule has 12 heteroatoms. The minimum Gasteiger partial charge on any atom is -0.366 e. The fourth-order valence-electron chi connectivity index (χ4n) is 2.62. The van der Waals surface area contributed by atoms with E-state index in [0.717, 1.165) is 16.1 Å². The zero-order chi connectivity index (χ0) is 22.5. The second-order valence-corrected chi connectivity index (χ2v) is 8.31. The molecule has 0 spiro atoms. The molecule has 1 fully saturated rings. The van der Waals surface area contributed by atoms with Gasteiger partial charge in [-0.2, -0.15) is 4.68 Å². The van der Waals surface area contributed by atoms with E-state index in [0.29, 0.717) is 11.3 Å². The van der Waals surface area contributed by atoms with Gasteiger partial charge in [0.25, 0.3) is 15.9 Å². The van der Waals surface area contributed by atoms with Crippen molar-refractivity contribution < 1.29 is 18.0 Å². The normalized spacial score (nSPS) is 17.9. The number of nitrogens with zero attached hydrogens (tertiary/aromatic N) is 5. The Morgan fingerprint density at radius 2 is 1.80 bits per heavy atom. The molecule has 3 rings (SSSR count). The van der Waals surface area contributed by atoms with Gasteiger partial charge in [-0.25, -0.2) is 12.7 Å². The van der Waals surface area contributed by atoms with E-state index in [1.165, 1.54) is 29.0 Å². The highest BCUT2D eigenvalue weighted by Gasteiger charge is 2.43. The number of carbonyl (C=O) groups excluding carboxylic acids is 2. The molecule has 10 nitrogen and oxygen atoms in total. The van der Waals surface area contributed by atoms with Crippen LogP contribution in [0, 0.1) is 0 Å². The van der Waals surface area contributed by atoms with Gasteiger partial charge in [0.15, 0.2) is 0 Å². The van der Waals surface area contributed by atoms with Gasteiger partial charge < -0.3 is 5.73 Å². The first-order valence-electron chi connectivity index (χ1n) is 9.02. The Kier molecular flexibility index (Phi) is 7.51. The fraction of sp³-hybridized carbons (Fsp3) is 0.278. The molecular weight excluding hydrogens is 428 g/mol. The number of aromatic nitrogens is 4. The molecule has 1 aliphatic rings. The standard InChI is InChI=1S/C16H16N6O4S2.C2H6/c1-3-12-13(4-2)28(25,26)21(15(12)24)9-27-16-18-19-20-22(16)11-7-5-10(6-8-11)14(17)23;1-2/h3-8H,9H2,1-2H3,(H2,17,23);1-2H3/b12-3+,13-4+;. The van der Waals surface area contributed by atoms with E-state index in [1.807, 2.05) is 13.8 Å². The highest BCUT2D eigenvalue weighted by molar-refractivity contribution is 8.00. The maximum atomic E-state index is 12.6. The number of tetrazole rings is 1. The molecule has 30 heavy (non-hydrogen) atoms. The van der Waals surface area contributed by atoms with Crippen LogP contribution in [0.25, 0.3) is 5.69 Å². The van der Waals surface area contributed by atoms with Gasteiger partial charge in [0.05, 0.1) is 22.0 Å². The van der Waals surface area contributed by atoms with Crippen molar-refractivity contribution in [1.29, 1.82) is 0 Å². The average Bonchev–Trinajstić information content (AvgIpc) is 3.27. The minimum absolute atomic E-state index is 0.0118. The Hall–Kier alpha value is -2.99. The van der Waals surface area contributed by atoms with Crippen molar-refractivity contribution >= 4 is 33.6 Å². The van der Waals surface area contributed by atoms with E-state index >= 15 is 0 Å². The first-order valence-corrected chi connectivity index (χ1v) is 11.4. The number of hydrogen-bond acceptors (Lipinski definition) is 8. The molecule has 0 radical (unpaired) electrons. The lowest BCUT2D eigenvalue weighted by molar-refractivity contribution is -0.121. The number of nitrogens with two attached hydrogens (primary N) is 1. The summed E-state index contributed by atoms with van der Waals surface area (Å²) in [5.74, 6) is -1.33. The third kappa shape index (κ3) is 4.28. The molecule has 2 heterocycles. The van der Waals surface area contributed by atoms with Gasteiger partial charge in [-0.3, -0.25) is 9.59 Å². The number of rotatable bonds is 5. The van der Waals surface area contributed by atoms with Gasteiger partial charge in [0.2, 0.25) is 11.1 Å². The summed E-state index contributed by atoms with van der Waals surface area (Å²) in [5.41, 5.74) is 6.25. The lowest BCUT2D eigenvalue weighted by Crippen LogP contribution is -2.29. The van der Waals surface area contributed by atoms with Crippen molar-refractivity contribution in [3.63, 3.8) is 0 Å². The number of benzene rings is 1. The van der Waals surface area contributed by atoms with Crippen LogP contribution in [-0.4, -0.2) is 50.6 Å². The van der Waals surface area contributed by atoms with Gasteiger partial charge in [-0.1, -0.05) is 37.8 Å². The molecule has 1 saturated heterocycles. The number of sulfonamides is 1. The van der Waals surface area contributed by atoms with Crippen molar-refractivity contribution in [1.82, 2.24) is 24.5 Å². The van der Waals surface area contributed by atoms with Crippen LogP contribution in [0.2, 0.25) is 0 Å². The smallest absolute Gasteiger partial charge is 0.269 e. The van der Waals surface area contributed by atoms with Crippen LogP contribution in [0.15, 0.2) is 52.1 Å². The Bertz CT molecular complexity index is 1100. The molecule has 2 amide bonds. The van der Waals surface area contributed by atoms with E-state index in [9.17, 15) is 18.0 Å². The number of thioether (sulfide) groups is 1. The molecule has 1 aliphatic heterocycles. The molecule has 0 unspecified atom stereocenters. The summed E-state index contributed by atoms with van der Waals surface area (Å²) in [7, 11) is -3.91. The first-order chi connectivity index (χ1) is 14.3. The summed E-state index contributed by atoms with van der Waals surface area (Å²) >= 11 is 0.994. The number of carbonyl (C=O) groups is 2. The molecule has 2 aromatic rings.